The van der Waals surface area contributed by atoms with E-state index in [0.29, 0.717) is 18.7 Å². The number of carbonyl (C=O) groups excluding carboxylic acids is 1. The maximum Gasteiger partial charge on any atom is 0.241 e. The molecule has 0 bridgehead atoms. The summed E-state index contributed by atoms with van der Waals surface area (Å²) in [5.41, 5.74) is 0.672. The highest BCUT2D eigenvalue weighted by atomic mass is 16.3. The molecule has 0 radical (unpaired) electrons. The van der Waals surface area contributed by atoms with Crippen molar-refractivity contribution in [1.82, 2.24) is 15.1 Å². The van der Waals surface area contributed by atoms with Crippen LogP contribution in [0.5, 0.6) is 0 Å². The summed E-state index contributed by atoms with van der Waals surface area (Å²) in [6.07, 6.45) is 3.35. The molecule has 2 rings (SSSR count). The number of carbonyl (C=O) groups is 1. The first-order valence-corrected chi connectivity index (χ1v) is 4.86. The van der Waals surface area contributed by atoms with E-state index in [0.717, 1.165) is 0 Å². The van der Waals surface area contributed by atoms with E-state index in [4.69, 9.17) is 0 Å². The van der Waals surface area contributed by atoms with Crippen LogP contribution in [0, 0.1) is 0 Å². The summed E-state index contributed by atoms with van der Waals surface area (Å²) in [6.45, 7) is 0.477. The van der Waals surface area contributed by atoms with Crippen LogP contribution in [0.25, 0.3) is 0 Å². The van der Waals surface area contributed by atoms with Crippen LogP contribution < -0.4 is 10.6 Å². The summed E-state index contributed by atoms with van der Waals surface area (Å²) in [4.78, 5) is 11.6. The van der Waals surface area contributed by atoms with Gasteiger partial charge in [-0.05, 0) is 6.42 Å². The molecule has 2 heterocycles. The molecule has 15 heavy (non-hydrogen) atoms. The summed E-state index contributed by atoms with van der Waals surface area (Å²) >= 11 is 0. The number of aliphatic hydroxyl groups is 1. The molecule has 0 aromatic carbocycles. The van der Waals surface area contributed by atoms with E-state index in [1.807, 2.05) is 0 Å². The van der Waals surface area contributed by atoms with E-state index < -0.39 is 6.10 Å². The molecule has 1 aliphatic heterocycles. The Hall–Kier alpha value is -1.40. The second kappa shape index (κ2) is 4.00. The monoisotopic (exact) mass is 210 g/mol. The Bertz CT molecular complexity index is 363. The molecule has 2 unspecified atom stereocenters. The molecule has 1 saturated heterocycles. The van der Waals surface area contributed by atoms with Gasteiger partial charge in [-0.15, -0.1) is 0 Å². The molecular weight excluding hydrogens is 196 g/mol. The number of hydrogen-bond donors (Lipinski definition) is 3. The fourth-order valence-electron chi connectivity index (χ4n) is 1.63. The van der Waals surface area contributed by atoms with E-state index >= 15 is 0 Å². The van der Waals surface area contributed by atoms with E-state index in [9.17, 15) is 9.90 Å². The quantitative estimate of drug-likeness (QED) is 0.590. The Kier molecular flexibility index (Phi) is 2.70. The predicted octanol–water partition coefficient (Wildman–Crippen LogP) is -0.919. The molecule has 1 aromatic rings. The zero-order valence-corrected chi connectivity index (χ0v) is 8.47. The Morgan fingerprint density at radius 2 is 2.60 bits per heavy atom. The van der Waals surface area contributed by atoms with Crippen molar-refractivity contribution >= 4 is 11.6 Å². The number of hydrogen-bond acceptors (Lipinski definition) is 4. The van der Waals surface area contributed by atoms with Crippen LogP contribution in [-0.2, 0) is 11.8 Å². The van der Waals surface area contributed by atoms with Gasteiger partial charge in [0.05, 0.1) is 24.0 Å². The Morgan fingerprint density at radius 1 is 1.80 bits per heavy atom. The molecule has 2 atom stereocenters. The lowest BCUT2D eigenvalue weighted by Gasteiger charge is -2.08. The molecule has 82 valence electrons. The molecule has 0 aliphatic carbocycles. The van der Waals surface area contributed by atoms with Crippen molar-refractivity contribution in [2.45, 2.75) is 18.6 Å². The van der Waals surface area contributed by atoms with Gasteiger partial charge in [-0.2, -0.15) is 5.10 Å². The fourth-order valence-corrected chi connectivity index (χ4v) is 1.63. The molecule has 1 amide bonds. The van der Waals surface area contributed by atoms with E-state index in [1.54, 1.807) is 24.1 Å². The van der Waals surface area contributed by atoms with E-state index in [-0.39, 0.29) is 11.9 Å². The highest BCUT2D eigenvalue weighted by Crippen LogP contribution is 2.10. The second-order valence-corrected chi connectivity index (χ2v) is 3.74. The summed E-state index contributed by atoms with van der Waals surface area (Å²) in [5, 5.41) is 18.9. The van der Waals surface area contributed by atoms with Gasteiger partial charge in [-0.25, -0.2) is 0 Å². The number of aromatic nitrogens is 2. The molecule has 6 heteroatoms. The fraction of sp³-hybridized carbons (Fsp3) is 0.556. The Morgan fingerprint density at radius 3 is 3.13 bits per heavy atom. The van der Waals surface area contributed by atoms with Gasteiger partial charge in [0.25, 0.3) is 0 Å². The van der Waals surface area contributed by atoms with Crippen LogP contribution >= 0.6 is 0 Å². The molecule has 6 nitrogen and oxygen atoms in total. The average Bonchev–Trinajstić information content (AvgIpc) is 2.75. The van der Waals surface area contributed by atoms with Crippen molar-refractivity contribution in [3.05, 3.63) is 12.4 Å². The van der Waals surface area contributed by atoms with Gasteiger partial charge < -0.3 is 15.7 Å². The lowest BCUT2D eigenvalue weighted by atomic mass is 10.2. The van der Waals surface area contributed by atoms with Crippen molar-refractivity contribution in [1.29, 1.82) is 0 Å². The summed E-state index contributed by atoms with van der Waals surface area (Å²) < 4.78 is 1.62. The smallest absolute Gasteiger partial charge is 0.241 e. The number of aliphatic hydroxyl groups excluding tert-OH is 1. The van der Waals surface area contributed by atoms with Crippen LogP contribution in [0.3, 0.4) is 0 Å². The molecule has 1 aliphatic rings. The van der Waals surface area contributed by atoms with Crippen molar-refractivity contribution in [2.75, 3.05) is 11.9 Å². The minimum Gasteiger partial charge on any atom is -0.392 e. The standard InChI is InChI=1S/C9H14N4O2/c1-13-5-6(3-11-13)12-9(15)8-2-7(14)4-10-8/h3,5,7-8,10,14H,2,4H2,1H3,(H,12,15). The number of aryl methyl sites for hydroxylation is 1. The minimum absolute atomic E-state index is 0.125. The first-order valence-electron chi connectivity index (χ1n) is 4.86. The van der Waals surface area contributed by atoms with Gasteiger partial charge in [-0.3, -0.25) is 9.48 Å². The van der Waals surface area contributed by atoms with Crippen molar-refractivity contribution in [3.63, 3.8) is 0 Å². The van der Waals surface area contributed by atoms with Gasteiger partial charge in [0.1, 0.15) is 0 Å². The second-order valence-electron chi connectivity index (χ2n) is 3.74. The van der Waals surface area contributed by atoms with Crippen LogP contribution in [0.2, 0.25) is 0 Å². The lowest BCUT2D eigenvalue weighted by Crippen LogP contribution is -2.35. The number of anilines is 1. The summed E-state index contributed by atoms with van der Waals surface area (Å²) in [7, 11) is 1.78. The first kappa shape index (κ1) is 10.1. The van der Waals surface area contributed by atoms with Gasteiger partial charge in [0.2, 0.25) is 5.91 Å². The molecule has 1 fully saturated rings. The van der Waals surface area contributed by atoms with Gasteiger partial charge in [0.15, 0.2) is 0 Å². The molecular formula is C9H14N4O2. The first-order chi connectivity index (χ1) is 7.15. The van der Waals surface area contributed by atoms with Gasteiger partial charge >= 0.3 is 0 Å². The maximum atomic E-state index is 11.6. The third kappa shape index (κ3) is 2.34. The lowest BCUT2D eigenvalue weighted by molar-refractivity contribution is -0.117. The van der Waals surface area contributed by atoms with Crippen LogP contribution in [-0.4, -0.2) is 39.5 Å². The zero-order chi connectivity index (χ0) is 10.8. The third-order valence-electron chi connectivity index (χ3n) is 2.40. The SMILES string of the molecule is Cn1cc(NC(=O)C2CC(O)CN2)cn1. The zero-order valence-electron chi connectivity index (χ0n) is 8.47. The molecule has 1 aromatic heterocycles. The van der Waals surface area contributed by atoms with Crippen molar-refractivity contribution in [2.24, 2.45) is 7.05 Å². The number of β-amino-alcohol motifs (C(OH)–C–C–N with tert-alkyl or cyclic N) is 1. The third-order valence-corrected chi connectivity index (χ3v) is 2.40. The minimum atomic E-state index is -0.422. The average molecular weight is 210 g/mol. The maximum absolute atomic E-state index is 11.6. The predicted molar refractivity (Wildman–Crippen MR) is 54.3 cm³/mol. The summed E-state index contributed by atoms with van der Waals surface area (Å²) in [6, 6.07) is -0.305. The largest absolute Gasteiger partial charge is 0.392 e. The molecule has 0 saturated carbocycles. The Balaban J connectivity index is 1.92. The van der Waals surface area contributed by atoms with E-state index in [1.165, 1.54) is 0 Å². The van der Waals surface area contributed by atoms with Gasteiger partial charge in [0, 0.05) is 19.8 Å². The topological polar surface area (TPSA) is 79.2 Å². The highest BCUT2D eigenvalue weighted by molar-refractivity contribution is 5.94. The van der Waals surface area contributed by atoms with Crippen molar-refractivity contribution in [3.8, 4) is 0 Å². The summed E-state index contributed by atoms with van der Waals surface area (Å²) in [5.74, 6) is -0.125. The highest BCUT2D eigenvalue weighted by Gasteiger charge is 2.28. The van der Waals surface area contributed by atoms with Crippen molar-refractivity contribution < 1.29 is 9.90 Å². The number of nitrogens with one attached hydrogen (secondary N) is 2. The normalized spacial score (nSPS) is 25.5. The van der Waals surface area contributed by atoms with Gasteiger partial charge in [-0.1, -0.05) is 0 Å². The van der Waals surface area contributed by atoms with Crippen LogP contribution in [0.4, 0.5) is 5.69 Å². The number of amides is 1. The molecule has 3 N–H and O–H groups in total. The van der Waals surface area contributed by atoms with E-state index in [2.05, 4.69) is 15.7 Å². The number of nitrogens with zero attached hydrogens (tertiary/aromatic N) is 2. The Labute approximate surface area is 87.3 Å². The molecule has 0 spiro atoms. The number of rotatable bonds is 2. The van der Waals surface area contributed by atoms with Crippen LogP contribution in [0.15, 0.2) is 12.4 Å². The van der Waals surface area contributed by atoms with Crippen LogP contribution in [0.1, 0.15) is 6.42 Å².